The Hall–Kier alpha value is -2.20. The minimum absolute atomic E-state index is 0.287. The second kappa shape index (κ2) is 8.87. The van der Waals surface area contributed by atoms with Crippen LogP contribution in [-0.4, -0.2) is 60.8 Å². The Morgan fingerprint density at radius 2 is 1.82 bits per heavy atom. The Morgan fingerprint density at radius 3 is 2.39 bits per heavy atom. The Kier molecular flexibility index (Phi) is 6.50. The third kappa shape index (κ3) is 4.79. The summed E-state index contributed by atoms with van der Waals surface area (Å²) in [4.78, 5) is 18.3. The number of hydrogen-bond donors (Lipinski definition) is 2. The topological polar surface area (TPSA) is 103 Å². The van der Waals surface area contributed by atoms with Crippen molar-refractivity contribution in [1.29, 1.82) is 0 Å². The molecule has 150 valence electrons. The molecule has 3 rings (SSSR count). The fourth-order valence-electron chi connectivity index (χ4n) is 3.15. The number of sulfonamides is 1. The summed E-state index contributed by atoms with van der Waals surface area (Å²) in [5, 5.41) is 9.56. The van der Waals surface area contributed by atoms with Crippen LogP contribution in [0.4, 0.5) is 5.82 Å². The summed E-state index contributed by atoms with van der Waals surface area (Å²) in [6, 6.07) is 12.1. The number of anilines is 1. The highest BCUT2D eigenvalue weighted by molar-refractivity contribution is 7.89. The van der Waals surface area contributed by atoms with E-state index in [-0.39, 0.29) is 13.1 Å². The number of nitrogens with one attached hydrogen (secondary N) is 1. The SMILES string of the molecule is O=C(NO)C(CS(=O)(=O)N1CCN(c2ccc(Cl)cn2)CC1)c1ccccc1. The molecule has 2 N–H and O–H groups in total. The minimum atomic E-state index is -3.70. The molecule has 8 nitrogen and oxygen atoms in total. The number of halogens is 1. The highest BCUT2D eigenvalue weighted by Crippen LogP contribution is 2.22. The molecule has 10 heteroatoms. The quantitative estimate of drug-likeness (QED) is 0.537. The Morgan fingerprint density at radius 1 is 1.14 bits per heavy atom. The highest BCUT2D eigenvalue weighted by Gasteiger charge is 2.33. The lowest BCUT2D eigenvalue weighted by Crippen LogP contribution is -2.50. The fourth-order valence-corrected chi connectivity index (χ4v) is 4.96. The average Bonchev–Trinajstić information content (AvgIpc) is 2.73. The lowest BCUT2D eigenvalue weighted by Gasteiger charge is -2.35. The first-order valence-electron chi connectivity index (χ1n) is 8.74. The molecule has 1 unspecified atom stereocenters. The average molecular weight is 425 g/mol. The number of piperazine rings is 1. The molecule has 0 aliphatic carbocycles. The van der Waals surface area contributed by atoms with Crippen LogP contribution in [-0.2, 0) is 14.8 Å². The first-order chi connectivity index (χ1) is 13.4. The van der Waals surface area contributed by atoms with Gasteiger partial charge in [0.2, 0.25) is 10.0 Å². The maximum absolute atomic E-state index is 12.9. The van der Waals surface area contributed by atoms with Gasteiger partial charge in [-0.25, -0.2) is 18.9 Å². The van der Waals surface area contributed by atoms with Crippen LogP contribution < -0.4 is 10.4 Å². The number of hydrogen-bond acceptors (Lipinski definition) is 6. The zero-order valence-electron chi connectivity index (χ0n) is 15.0. The van der Waals surface area contributed by atoms with Gasteiger partial charge < -0.3 is 4.90 Å². The van der Waals surface area contributed by atoms with Gasteiger partial charge in [0.05, 0.1) is 16.7 Å². The van der Waals surface area contributed by atoms with Gasteiger partial charge in [-0.15, -0.1) is 0 Å². The van der Waals surface area contributed by atoms with Gasteiger partial charge in [-0.05, 0) is 17.7 Å². The van der Waals surface area contributed by atoms with E-state index in [1.54, 1.807) is 54.1 Å². The maximum Gasteiger partial charge on any atom is 0.251 e. The van der Waals surface area contributed by atoms with Crippen LogP contribution >= 0.6 is 11.6 Å². The summed E-state index contributed by atoms with van der Waals surface area (Å²) in [5.74, 6) is -1.42. The zero-order valence-corrected chi connectivity index (χ0v) is 16.6. The van der Waals surface area contributed by atoms with Crippen molar-refractivity contribution in [1.82, 2.24) is 14.8 Å². The molecular formula is C18H21ClN4O4S. The van der Waals surface area contributed by atoms with E-state index in [4.69, 9.17) is 16.8 Å². The largest absolute Gasteiger partial charge is 0.354 e. The molecule has 1 saturated heterocycles. The number of rotatable bonds is 6. The third-order valence-corrected chi connectivity index (χ3v) is 6.80. The predicted octanol–water partition coefficient (Wildman–Crippen LogP) is 1.48. The van der Waals surface area contributed by atoms with E-state index in [1.807, 2.05) is 4.90 Å². The van der Waals surface area contributed by atoms with E-state index in [2.05, 4.69) is 4.98 Å². The normalized spacial score (nSPS) is 16.6. The fraction of sp³-hybridized carbons (Fsp3) is 0.333. The number of pyridine rings is 1. The molecule has 1 amide bonds. The molecule has 0 spiro atoms. The van der Waals surface area contributed by atoms with E-state index in [1.165, 1.54) is 4.31 Å². The van der Waals surface area contributed by atoms with Crippen LogP contribution in [0.15, 0.2) is 48.7 Å². The van der Waals surface area contributed by atoms with Crippen LogP contribution in [0, 0.1) is 0 Å². The van der Waals surface area contributed by atoms with Crippen molar-refractivity contribution in [2.75, 3.05) is 36.8 Å². The zero-order chi connectivity index (χ0) is 20.1. The second-order valence-electron chi connectivity index (χ2n) is 6.44. The molecular weight excluding hydrogens is 404 g/mol. The summed E-state index contributed by atoms with van der Waals surface area (Å²) in [5.41, 5.74) is 2.10. The van der Waals surface area contributed by atoms with Gasteiger partial charge in [-0.3, -0.25) is 10.0 Å². The van der Waals surface area contributed by atoms with Crippen LogP contribution in [0.3, 0.4) is 0 Å². The molecule has 1 fully saturated rings. The Bertz CT molecular complexity index is 901. The van der Waals surface area contributed by atoms with Crippen molar-refractivity contribution < 1.29 is 18.4 Å². The van der Waals surface area contributed by atoms with E-state index >= 15 is 0 Å². The van der Waals surface area contributed by atoms with Gasteiger partial charge in [0.25, 0.3) is 5.91 Å². The molecule has 1 aliphatic rings. The summed E-state index contributed by atoms with van der Waals surface area (Å²) < 4.78 is 27.2. The molecule has 0 bridgehead atoms. The molecule has 28 heavy (non-hydrogen) atoms. The van der Waals surface area contributed by atoms with Crippen molar-refractivity contribution in [3.63, 3.8) is 0 Å². The lowest BCUT2D eigenvalue weighted by molar-refractivity contribution is -0.130. The maximum atomic E-state index is 12.9. The summed E-state index contributed by atoms with van der Waals surface area (Å²) in [6.45, 7) is 1.54. The summed E-state index contributed by atoms with van der Waals surface area (Å²) in [6.07, 6.45) is 1.55. The van der Waals surface area contributed by atoms with E-state index in [9.17, 15) is 13.2 Å². The van der Waals surface area contributed by atoms with Crippen molar-refractivity contribution in [2.24, 2.45) is 0 Å². The van der Waals surface area contributed by atoms with Crippen molar-refractivity contribution in [2.45, 2.75) is 5.92 Å². The first-order valence-corrected chi connectivity index (χ1v) is 10.7. The van der Waals surface area contributed by atoms with Crippen molar-refractivity contribution in [3.8, 4) is 0 Å². The van der Waals surface area contributed by atoms with Gasteiger partial charge >= 0.3 is 0 Å². The molecule has 2 aromatic rings. The molecule has 1 atom stereocenters. The van der Waals surface area contributed by atoms with Gasteiger partial charge in [0, 0.05) is 32.4 Å². The van der Waals surface area contributed by atoms with Gasteiger partial charge in [0.15, 0.2) is 0 Å². The number of benzene rings is 1. The Balaban J connectivity index is 1.69. The molecule has 0 radical (unpaired) electrons. The molecule has 0 saturated carbocycles. The number of aromatic nitrogens is 1. The highest BCUT2D eigenvalue weighted by atomic mass is 35.5. The van der Waals surface area contributed by atoms with E-state index in [0.717, 1.165) is 5.82 Å². The number of nitrogens with zero attached hydrogens (tertiary/aromatic N) is 3. The van der Waals surface area contributed by atoms with Crippen molar-refractivity contribution in [3.05, 3.63) is 59.2 Å². The van der Waals surface area contributed by atoms with E-state index in [0.29, 0.717) is 23.7 Å². The molecule has 1 aromatic carbocycles. The van der Waals surface area contributed by atoms with Crippen LogP contribution in [0.1, 0.15) is 11.5 Å². The van der Waals surface area contributed by atoms with Gasteiger partial charge in [-0.1, -0.05) is 41.9 Å². The minimum Gasteiger partial charge on any atom is -0.354 e. The molecule has 2 heterocycles. The summed E-state index contributed by atoms with van der Waals surface area (Å²) >= 11 is 5.85. The summed E-state index contributed by atoms with van der Waals surface area (Å²) in [7, 11) is -3.70. The number of carbonyl (C=O) groups excluding carboxylic acids is 1. The number of hydroxylamine groups is 1. The molecule has 1 aromatic heterocycles. The number of amides is 1. The van der Waals surface area contributed by atoms with Gasteiger partial charge in [0.1, 0.15) is 5.82 Å². The van der Waals surface area contributed by atoms with Crippen LogP contribution in [0.5, 0.6) is 0 Å². The standard InChI is InChI=1S/C18H21ClN4O4S/c19-15-6-7-17(20-12-15)22-8-10-23(11-9-22)28(26,27)13-16(18(24)21-25)14-4-2-1-3-5-14/h1-7,12,16,25H,8-11,13H2,(H,21,24). The van der Waals surface area contributed by atoms with Crippen molar-refractivity contribution >= 4 is 33.3 Å². The Labute approximate surface area is 168 Å². The first kappa shape index (κ1) is 20.5. The predicted molar refractivity (Wildman–Crippen MR) is 106 cm³/mol. The number of carbonyl (C=O) groups is 1. The van der Waals surface area contributed by atoms with E-state index < -0.39 is 27.6 Å². The van der Waals surface area contributed by atoms with Crippen LogP contribution in [0.25, 0.3) is 0 Å². The van der Waals surface area contributed by atoms with Crippen LogP contribution in [0.2, 0.25) is 5.02 Å². The monoisotopic (exact) mass is 424 g/mol. The lowest BCUT2D eigenvalue weighted by atomic mass is 10.0. The second-order valence-corrected chi connectivity index (χ2v) is 8.89. The molecule has 1 aliphatic heterocycles. The third-order valence-electron chi connectivity index (χ3n) is 4.67. The smallest absolute Gasteiger partial charge is 0.251 e. The van der Waals surface area contributed by atoms with Gasteiger partial charge in [-0.2, -0.15) is 4.31 Å².